The van der Waals surface area contributed by atoms with Gasteiger partial charge in [0, 0.05) is 51.1 Å². The van der Waals surface area contributed by atoms with Gasteiger partial charge in [0.2, 0.25) is 5.91 Å². The van der Waals surface area contributed by atoms with Gasteiger partial charge in [0.1, 0.15) is 0 Å². The lowest BCUT2D eigenvalue weighted by Crippen LogP contribution is -2.49. The van der Waals surface area contributed by atoms with Gasteiger partial charge in [-0.2, -0.15) is 0 Å². The van der Waals surface area contributed by atoms with E-state index in [-0.39, 0.29) is 11.8 Å². The molecule has 0 radical (unpaired) electrons. The lowest BCUT2D eigenvalue weighted by molar-refractivity contribution is -0.119. The number of hydrogen-bond donors (Lipinski definition) is 1. The van der Waals surface area contributed by atoms with Crippen molar-refractivity contribution in [2.75, 3.05) is 51.8 Å². The molecule has 1 saturated heterocycles. The van der Waals surface area contributed by atoms with Gasteiger partial charge < -0.3 is 15.0 Å². The average molecular weight is 331 g/mol. The topological polar surface area (TPSA) is 61.9 Å². The summed E-state index contributed by atoms with van der Waals surface area (Å²) in [5.74, 6) is 0.0215. The maximum absolute atomic E-state index is 12.8. The van der Waals surface area contributed by atoms with E-state index in [1.165, 1.54) is 0 Å². The number of carbonyl (C=O) groups is 2. The molecular weight excluding hydrogens is 306 g/mol. The van der Waals surface area contributed by atoms with Gasteiger partial charge in [0.25, 0.3) is 5.91 Å². The van der Waals surface area contributed by atoms with E-state index in [0.717, 1.165) is 50.6 Å². The quantitative estimate of drug-likeness (QED) is 0.904. The molecule has 2 aliphatic heterocycles. The lowest BCUT2D eigenvalue weighted by Gasteiger charge is -2.34. The number of nitrogens with zero attached hydrogens (tertiary/aromatic N) is 2. The van der Waals surface area contributed by atoms with Gasteiger partial charge in [-0.1, -0.05) is 0 Å². The Kier molecular flexibility index (Phi) is 4.60. The lowest BCUT2D eigenvalue weighted by atomic mass is 9.85. The van der Waals surface area contributed by atoms with Crippen molar-refractivity contribution in [2.24, 2.45) is 0 Å². The molecule has 0 atom stereocenters. The molecule has 2 aliphatic rings. The molecule has 1 N–H and O–H groups in total. The Morgan fingerprint density at radius 1 is 1.25 bits per heavy atom. The first-order valence-corrected chi connectivity index (χ1v) is 8.40. The standard InChI is InChI=1S/C18H25N3O3/c1-18(2)14-12-13(4-5-15(14)19-17(18)23)16(22)21-8-6-20(7-9-21)10-11-24-3/h4-5,12H,6-11H2,1-3H3,(H,19,23). The van der Waals surface area contributed by atoms with Gasteiger partial charge in [-0.3, -0.25) is 14.5 Å². The van der Waals surface area contributed by atoms with Crippen molar-refractivity contribution in [3.8, 4) is 0 Å². The number of anilines is 1. The van der Waals surface area contributed by atoms with Crippen LogP contribution in [0.25, 0.3) is 0 Å². The van der Waals surface area contributed by atoms with Crippen molar-refractivity contribution >= 4 is 17.5 Å². The fourth-order valence-corrected chi connectivity index (χ4v) is 3.28. The van der Waals surface area contributed by atoms with Crippen LogP contribution in [0.15, 0.2) is 18.2 Å². The Hall–Kier alpha value is -1.92. The van der Waals surface area contributed by atoms with Gasteiger partial charge in [-0.15, -0.1) is 0 Å². The molecular formula is C18H25N3O3. The van der Waals surface area contributed by atoms with E-state index < -0.39 is 5.41 Å². The third-order valence-electron chi connectivity index (χ3n) is 5.03. The zero-order valence-electron chi connectivity index (χ0n) is 14.6. The number of carbonyl (C=O) groups excluding carboxylic acids is 2. The van der Waals surface area contributed by atoms with E-state index in [2.05, 4.69) is 10.2 Å². The highest BCUT2D eigenvalue weighted by atomic mass is 16.5. The Morgan fingerprint density at radius 3 is 2.62 bits per heavy atom. The number of benzene rings is 1. The summed E-state index contributed by atoms with van der Waals surface area (Å²) in [5, 5.41) is 2.88. The Balaban J connectivity index is 1.69. The number of ether oxygens (including phenoxy) is 1. The zero-order valence-corrected chi connectivity index (χ0v) is 14.6. The molecule has 2 heterocycles. The van der Waals surface area contributed by atoms with Crippen molar-refractivity contribution in [1.29, 1.82) is 0 Å². The minimum absolute atomic E-state index is 0.0196. The van der Waals surface area contributed by atoms with Crippen LogP contribution in [-0.2, 0) is 14.9 Å². The molecule has 0 aromatic heterocycles. The van der Waals surface area contributed by atoms with Gasteiger partial charge in [0.05, 0.1) is 12.0 Å². The molecule has 6 nitrogen and oxygen atoms in total. The predicted octanol–water partition coefficient (Wildman–Crippen LogP) is 1.32. The summed E-state index contributed by atoms with van der Waals surface area (Å²) in [7, 11) is 1.70. The fraction of sp³-hybridized carbons (Fsp3) is 0.556. The molecule has 1 aromatic rings. The highest BCUT2D eigenvalue weighted by Gasteiger charge is 2.38. The maximum atomic E-state index is 12.8. The van der Waals surface area contributed by atoms with Crippen LogP contribution in [0.1, 0.15) is 29.8 Å². The molecule has 0 unspecified atom stereocenters. The number of methoxy groups -OCH3 is 1. The molecule has 1 aromatic carbocycles. The summed E-state index contributed by atoms with van der Waals surface area (Å²) in [6.07, 6.45) is 0. The van der Waals surface area contributed by atoms with E-state index in [1.807, 2.05) is 30.9 Å². The Bertz CT molecular complexity index is 649. The van der Waals surface area contributed by atoms with Crippen LogP contribution >= 0.6 is 0 Å². The smallest absolute Gasteiger partial charge is 0.253 e. The van der Waals surface area contributed by atoms with Crippen LogP contribution in [0.5, 0.6) is 0 Å². The van der Waals surface area contributed by atoms with E-state index >= 15 is 0 Å². The second-order valence-corrected chi connectivity index (χ2v) is 6.97. The molecule has 3 rings (SSSR count). The van der Waals surface area contributed by atoms with Crippen LogP contribution in [0.4, 0.5) is 5.69 Å². The summed E-state index contributed by atoms with van der Waals surface area (Å²) < 4.78 is 5.10. The average Bonchev–Trinajstić information content (AvgIpc) is 2.82. The number of hydrogen-bond acceptors (Lipinski definition) is 4. The highest BCUT2D eigenvalue weighted by molar-refractivity contribution is 6.07. The summed E-state index contributed by atoms with van der Waals surface area (Å²) in [6.45, 7) is 8.57. The summed E-state index contributed by atoms with van der Waals surface area (Å²) in [5.41, 5.74) is 1.77. The molecule has 2 amide bonds. The van der Waals surface area contributed by atoms with E-state index in [1.54, 1.807) is 13.2 Å². The third-order valence-corrected chi connectivity index (χ3v) is 5.03. The molecule has 6 heteroatoms. The van der Waals surface area contributed by atoms with E-state index in [0.29, 0.717) is 5.56 Å². The molecule has 130 valence electrons. The van der Waals surface area contributed by atoms with Gasteiger partial charge in [-0.25, -0.2) is 0 Å². The third kappa shape index (κ3) is 3.03. The second-order valence-electron chi connectivity index (χ2n) is 6.97. The van der Waals surface area contributed by atoms with Gasteiger partial charge in [-0.05, 0) is 37.6 Å². The fourth-order valence-electron chi connectivity index (χ4n) is 3.28. The number of nitrogens with one attached hydrogen (secondary N) is 1. The minimum Gasteiger partial charge on any atom is -0.383 e. The number of fused-ring (bicyclic) bond motifs is 1. The first-order valence-electron chi connectivity index (χ1n) is 8.40. The summed E-state index contributed by atoms with van der Waals surface area (Å²) in [4.78, 5) is 29.0. The first-order chi connectivity index (χ1) is 11.4. The van der Waals surface area contributed by atoms with Crippen LogP contribution in [-0.4, -0.2) is 68.1 Å². The van der Waals surface area contributed by atoms with E-state index in [9.17, 15) is 9.59 Å². The normalized spacial score (nSPS) is 20.0. The molecule has 0 spiro atoms. The minimum atomic E-state index is -0.593. The Morgan fingerprint density at radius 2 is 1.96 bits per heavy atom. The monoisotopic (exact) mass is 331 g/mol. The molecule has 0 aliphatic carbocycles. The molecule has 1 fully saturated rings. The van der Waals surface area contributed by atoms with Crippen LogP contribution < -0.4 is 5.32 Å². The van der Waals surface area contributed by atoms with Crippen molar-refractivity contribution < 1.29 is 14.3 Å². The molecule has 0 saturated carbocycles. The van der Waals surface area contributed by atoms with Crippen molar-refractivity contribution in [3.63, 3.8) is 0 Å². The predicted molar refractivity (Wildman–Crippen MR) is 92.3 cm³/mol. The second kappa shape index (κ2) is 6.53. The SMILES string of the molecule is COCCN1CCN(C(=O)c2ccc3c(c2)C(C)(C)C(=O)N3)CC1. The highest BCUT2D eigenvalue weighted by Crippen LogP contribution is 2.37. The van der Waals surface area contributed by atoms with Gasteiger partial charge >= 0.3 is 0 Å². The molecule has 24 heavy (non-hydrogen) atoms. The maximum Gasteiger partial charge on any atom is 0.253 e. The summed E-state index contributed by atoms with van der Waals surface area (Å²) in [6, 6.07) is 5.51. The Labute approximate surface area is 142 Å². The van der Waals surface area contributed by atoms with Gasteiger partial charge in [0.15, 0.2) is 0 Å². The number of rotatable bonds is 4. The number of amides is 2. The number of piperazine rings is 1. The summed E-state index contributed by atoms with van der Waals surface area (Å²) >= 11 is 0. The van der Waals surface area contributed by atoms with Crippen LogP contribution in [0.2, 0.25) is 0 Å². The zero-order chi connectivity index (χ0) is 17.3. The largest absolute Gasteiger partial charge is 0.383 e. The van der Waals surface area contributed by atoms with Crippen LogP contribution in [0, 0.1) is 0 Å². The van der Waals surface area contributed by atoms with Crippen molar-refractivity contribution in [2.45, 2.75) is 19.3 Å². The van der Waals surface area contributed by atoms with Crippen molar-refractivity contribution in [3.05, 3.63) is 29.3 Å². The molecule has 0 bridgehead atoms. The first kappa shape index (κ1) is 16.9. The van der Waals surface area contributed by atoms with Crippen molar-refractivity contribution in [1.82, 2.24) is 9.80 Å². The van der Waals surface area contributed by atoms with E-state index in [4.69, 9.17) is 4.74 Å². The van der Waals surface area contributed by atoms with Crippen LogP contribution in [0.3, 0.4) is 0 Å².